The number of amides is 1. The number of phenolic OH excluding ortho intramolecular Hbond substituents is 1. The van der Waals surface area contributed by atoms with E-state index in [0.717, 1.165) is 32.1 Å². The normalized spacial score (nSPS) is 15.9. The summed E-state index contributed by atoms with van der Waals surface area (Å²) in [6.45, 7) is 1.20. The summed E-state index contributed by atoms with van der Waals surface area (Å²) in [6, 6.07) is 4.76. The molecule has 0 unspecified atom stereocenters. The molecule has 116 valence electrons. The van der Waals surface area contributed by atoms with Gasteiger partial charge in [0.15, 0.2) is 0 Å². The van der Waals surface area contributed by atoms with Crippen LogP contribution in [0.2, 0.25) is 5.02 Å². The average molecular weight is 311 g/mol. The highest BCUT2D eigenvalue weighted by atomic mass is 35.5. The number of halogens is 1. The van der Waals surface area contributed by atoms with E-state index in [2.05, 4.69) is 0 Å². The van der Waals surface area contributed by atoms with Crippen molar-refractivity contribution in [2.24, 2.45) is 5.73 Å². The first-order valence-electron chi connectivity index (χ1n) is 7.63. The van der Waals surface area contributed by atoms with E-state index in [9.17, 15) is 9.90 Å². The number of aromatic hydroxyl groups is 1. The SMILES string of the molecule is NCCCN(C(=O)c1cc(O)ccc1Cl)C1CCCCC1. The molecule has 21 heavy (non-hydrogen) atoms. The van der Waals surface area contributed by atoms with Crippen LogP contribution < -0.4 is 5.73 Å². The molecule has 0 radical (unpaired) electrons. The molecule has 0 heterocycles. The van der Waals surface area contributed by atoms with Crippen molar-refractivity contribution in [3.8, 4) is 5.75 Å². The van der Waals surface area contributed by atoms with E-state index >= 15 is 0 Å². The maximum Gasteiger partial charge on any atom is 0.255 e. The number of nitrogens with two attached hydrogens (primary N) is 1. The molecule has 1 saturated carbocycles. The molecule has 2 rings (SSSR count). The summed E-state index contributed by atoms with van der Waals surface area (Å²) in [7, 11) is 0. The van der Waals surface area contributed by atoms with Crippen LogP contribution in [0.5, 0.6) is 5.75 Å². The fourth-order valence-electron chi connectivity index (χ4n) is 2.94. The van der Waals surface area contributed by atoms with Crippen LogP contribution in [-0.2, 0) is 0 Å². The van der Waals surface area contributed by atoms with Crippen LogP contribution in [0.25, 0.3) is 0 Å². The van der Waals surface area contributed by atoms with Gasteiger partial charge in [0, 0.05) is 12.6 Å². The molecular weight excluding hydrogens is 288 g/mol. The Morgan fingerprint density at radius 1 is 1.33 bits per heavy atom. The Morgan fingerprint density at radius 3 is 2.71 bits per heavy atom. The fraction of sp³-hybridized carbons (Fsp3) is 0.562. The number of carbonyl (C=O) groups excluding carboxylic acids is 1. The molecule has 1 amide bonds. The van der Waals surface area contributed by atoms with Gasteiger partial charge < -0.3 is 15.7 Å². The summed E-state index contributed by atoms with van der Waals surface area (Å²) in [5, 5.41) is 9.99. The number of benzene rings is 1. The molecule has 0 atom stereocenters. The zero-order valence-electron chi connectivity index (χ0n) is 12.2. The lowest BCUT2D eigenvalue weighted by atomic mass is 9.93. The molecule has 3 N–H and O–H groups in total. The molecule has 1 aromatic carbocycles. The second-order valence-electron chi connectivity index (χ2n) is 5.60. The van der Waals surface area contributed by atoms with E-state index in [0.29, 0.717) is 23.7 Å². The number of hydrogen-bond acceptors (Lipinski definition) is 3. The Morgan fingerprint density at radius 2 is 2.05 bits per heavy atom. The van der Waals surface area contributed by atoms with Crippen LogP contribution in [0.1, 0.15) is 48.9 Å². The van der Waals surface area contributed by atoms with Crippen molar-refractivity contribution < 1.29 is 9.90 Å². The van der Waals surface area contributed by atoms with Crippen LogP contribution >= 0.6 is 11.6 Å². The highest BCUT2D eigenvalue weighted by molar-refractivity contribution is 6.33. The van der Waals surface area contributed by atoms with E-state index < -0.39 is 0 Å². The van der Waals surface area contributed by atoms with E-state index in [1.54, 1.807) is 6.07 Å². The van der Waals surface area contributed by atoms with Crippen molar-refractivity contribution in [1.29, 1.82) is 0 Å². The fourth-order valence-corrected chi connectivity index (χ4v) is 3.13. The number of rotatable bonds is 5. The molecule has 1 aliphatic carbocycles. The van der Waals surface area contributed by atoms with Crippen molar-refractivity contribution in [2.45, 2.75) is 44.6 Å². The van der Waals surface area contributed by atoms with Gasteiger partial charge >= 0.3 is 0 Å². The second kappa shape index (κ2) is 7.66. The zero-order valence-corrected chi connectivity index (χ0v) is 13.0. The van der Waals surface area contributed by atoms with Gasteiger partial charge in [-0.1, -0.05) is 30.9 Å². The molecule has 0 saturated heterocycles. The van der Waals surface area contributed by atoms with Crippen molar-refractivity contribution in [1.82, 2.24) is 4.90 Å². The summed E-state index contributed by atoms with van der Waals surface area (Å²) in [4.78, 5) is 14.7. The van der Waals surface area contributed by atoms with Gasteiger partial charge in [-0.05, 0) is 44.0 Å². The van der Waals surface area contributed by atoms with Crippen LogP contribution in [0.4, 0.5) is 0 Å². The minimum absolute atomic E-state index is 0.0603. The lowest BCUT2D eigenvalue weighted by Gasteiger charge is -2.34. The molecule has 4 nitrogen and oxygen atoms in total. The Hall–Kier alpha value is -1.26. The monoisotopic (exact) mass is 310 g/mol. The molecule has 1 fully saturated rings. The minimum atomic E-state index is -0.101. The molecular formula is C16H23ClN2O2. The van der Waals surface area contributed by atoms with E-state index in [1.165, 1.54) is 18.6 Å². The quantitative estimate of drug-likeness (QED) is 0.878. The summed E-state index contributed by atoms with van der Waals surface area (Å²) >= 11 is 6.12. The van der Waals surface area contributed by atoms with Gasteiger partial charge in [0.05, 0.1) is 10.6 Å². The lowest BCUT2D eigenvalue weighted by Crippen LogP contribution is -2.42. The van der Waals surface area contributed by atoms with E-state index in [1.807, 2.05) is 4.90 Å². The topological polar surface area (TPSA) is 66.6 Å². The molecule has 0 aliphatic heterocycles. The van der Waals surface area contributed by atoms with E-state index in [4.69, 9.17) is 17.3 Å². The van der Waals surface area contributed by atoms with Crippen molar-refractivity contribution in [3.05, 3.63) is 28.8 Å². The smallest absolute Gasteiger partial charge is 0.255 e. The lowest BCUT2D eigenvalue weighted by molar-refractivity contribution is 0.0632. The predicted octanol–water partition coefficient (Wildman–Crippen LogP) is 3.17. The van der Waals surface area contributed by atoms with Crippen molar-refractivity contribution in [3.63, 3.8) is 0 Å². The van der Waals surface area contributed by atoms with Crippen molar-refractivity contribution in [2.75, 3.05) is 13.1 Å². The molecule has 5 heteroatoms. The van der Waals surface area contributed by atoms with Crippen LogP contribution in [-0.4, -0.2) is 35.0 Å². The Bertz CT molecular complexity index is 487. The Labute approximate surface area is 130 Å². The Kier molecular flexibility index (Phi) is 5.88. The van der Waals surface area contributed by atoms with Gasteiger partial charge in [-0.25, -0.2) is 0 Å². The Balaban J connectivity index is 2.21. The van der Waals surface area contributed by atoms with Gasteiger partial charge in [0.1, 0.15) is 5.75 Å². The number of hydrogen-bond donors (Lipinski definition) is 2. The summed E-state index contributed by atoms with van der Waals surface area (Å²) in [5.41, 5.74) is 5.97. The van der Waals surface area contributed by atoms with Crippen LogP contribution in [0.15, 0.2) is 18.2 Å². The average Bonchev–Trinajstić information content (AvgIpc) is 2.51. The third-order valence-corrected chi connectivity index (χ3v) is 4.39. The maximum absolute atomic E-state index is 12.8. The molecule has 1 aromatic rings. The first kappa shape index (κ1) is 16.1. The molecule has 0 bridgehead atoms. The highest BCUT2D eigenvalue weighted by Crippen LogP contribution is 2.27. The van der Waals surface area contributed by atoms with Crippen LogP contribution in [0.3, 0.4) is 0 Å². The molecule has 1 aliphatic rings. The number of nitrogens with zero attached hydrogens (tertiary/aromatic N) is 1. The van der Waals surface area contributed by atoms with E-state index in [-0.39, 0.29) is 17.7 Å². The van der Waals surface area contributed by atoms with Gasteiger partial charge in [-0.15, -0.1) is 0 Å². The third kappa shape index (κ3) is 4.11. The zero-order chi connectivity index (χ0) is 15.2. The predicted molar refractivity (Wildman–Crippen MR) is 84.7 cm³/mol. The van der Waals surface area contributed by atoms with Gasteiger partial charge in [-0.2, -0.15) is 0 Å². The second-order valence-corrected chi connectivity index (χ2v) is 6.00. The molecule has 0 aromatic heterocycles. The standard InChI is InChI=1S/C16H23ClN2O2/c17-15-8-7-13(20)11-14(15)16(21)19(10-4-9-18)12-5-2-1-3-6-12/h7-8,11-12,20H,1-6,9-10,18H2. The third-order valence-electron chi connectivity index (χ3n) is 4.06. The van der Waals surface area contributed by atoms with Gasteiger partial charge in [0.2, 0.25) is 0 Å². The van der Waals surface area contributed by atoms with Gasteiger partial charge in [-0.3, -0.25) is 4.79 Å². The maximum atomic E-state index is 12.8. The minimum Gasteiger partial charge on any atom is -0.508 e. The first-order chi connectivity index (χ1) is 10.1. The first-order valence-corrected chi connectivity index (χ1v) is 8.01. The van der Waals surface area contributed by atoms with Gasteiger partial charge in [0.25, 0.3) is 5.91 Å². The largest absolute Gasteiger partial charge is 0.508 e. The summed E-state index contributed by atoms with van der Waals surface area (Å²) in [6.07, 6.45) is 6.40. The number of carbonyl (C=O) groups is 1. The number of phenols is 1. The molecule has 0 spiro atoms. The highest BCUT2D eigenvalue weighted by Gasteiger charge is 2.27. The summed E-state index contributed by atoms with van der Waals surface area (Å²) in [5.74, 6) is -0.0404. The van der Waals surface area contributed by atoms with Crippen molar-refractivity contribution >= 4 is 17.5 Å². The van der Waals surface area contributed by atoms with Crippen LogP contribution in [0, 0.1) is 0 Å². The summed E-state index contributed by atoms with van der Waals surface area (Å²) < 4.78 is 0.